The largest absolute Gasteiger partial charge is 0.368 e. The van der Waals surface area contributed by atoms with E-state index in [-0.39, 0.29) is 36.4 Å². The van der Waals surface area contributed by atoms with Gasteiger partial charge in [0.25, 0.3) is 5.91 Å². The zero-order valence-electron chi connectivity index (χ0n) is 17.5. The first-order valence-corrected chi connectivity index (χ1v) is 9.92. The number of hydrogen-bond acceptors (Lipinski definition) is 3. The third-order valence-corrected chi connectivity index (χ3v) is 4.95. The normalized spacial score (nSPS) is 13.6. The highest BCUT2D eigenvalue weighted by Gasteiger charge is 2.16. The minimum absolute atomic E-state index is 0. The van der Waals surface area contributed by atoms with Crippen LogP contribution in [0.5, 0.6) is 0 Å². The van der Waals surface area contributed by atoms with Crippen LogP contribution in [-0.4, -0.2) is 49.4 Å². The van der Waals surface area contributed by atoms with Crippen LogP contribution in [0.15, 0.2) is 65.7 Å². The minimum Gasteiger partial charge on any atom is -0.368 e. The second-order valence-electron chi connectivity index (χ2n) is 7.04. The summed E-state index contributed by atoms with van der Waals surface area (Å²) in [5, 5.41) is 5.86. The Labute approximate surface area is 199 Å². The molecule has 2 aromatic rings. The van der Waals surface area contributed by atoms with Gasteiger partial charge in [-0.2, -0.15) is 0 Å². The molecule has 0 fully saturated rings. The van der Waals surface area contributed by atoms with E-state index in [1.165, 1.54) is 11.1 Å². The summed E-state index contributed by atoms with van der Waals surface area (Å²) in [6.45, 7) is 2.14. The van der Waals surface area contributed by atoms with Gasteiger partial charge >= 0.3 is 0 Å². The molecule has 7 nitrogen and oxygen atoms in total. The molecule has 4 N–H and O–H groups in total. The van der Waals surface area contributed by atoms with Crippen molar-refractivity contribution in [1.82, 2.24) is 15.5 Å². The smallest absolute Gasteiger partial charge is 0.251 e. The fourth-order valence-electron chi connectivity index (χ4n) is 3.33. The highest BCUT2D eigenvalue weighted by Crippen LogP contribution is 2.22. The SMILES string of the molecule is CN=C(NCc1ccc(C(=O)NCC(N)=O)cc1)N1CC=C(c2ccccc2)CC1.I. The summed E-state index contributed by atoms with van der Waals surface area (Å²) >= 11 is 0. The van der Waals surface area contributed by atoms with Gasteiger partial charge in [-0.15, -0.1) is 24.0 Å². The number of rotatable bonds is 6. The molecule has 0 saturated carbocycles. The maximum absolute atomic E-state index is 11.9. The number of nitrogens with one attached hydrogen (secondary N) is 2. The van der Waals surface area contributed by atoms with Crippen molar-refractivity contribution >= 4 is 47.3 Å². The Morgan fingerprint density at radius 2 is 1.77 bits per heavy atom. The second-order valence-corrected chi connectivity index (χ2v) is 7.04. The van der Waals surface area contributed by atoms with Crippen LogP contribution in [0.25, 0.3) is 5.57 Å². The molecule has 3 rings (SSSR count). The third kappa shape index (κ3) is 7.09. The lowest BCUT2D eigenvalue weighted by atomic mass is 10.00. The van der Waals surface area contributed by atoms with Gasteiger partial charge in [0, 0.05) is 32.2 Å². The molecule has 0 aromatic heterocycles. The number of amides is 2. The number of guanidine groups is 1. The van der Waals surface area contributed by atoms with E-state index >= 15 is 0 Å². The summed E-state index contributed by atoms with van der Waals surface area (Å²) in [6.07, 6.45) is 3.23. The van der Waals surface area contributed by atoms with Crippen molar-refractivity contribution < 1.29 is 9.59 Å². The molecule has 0 radical (unpaired) electrons. The third-order valence-electron chi connectivity index (χ3n) is 4.95. The standard InChI is InChI=1S/C23H27N5O2.HI/c1-25-23(28-13-11-19(12-14-28)18-5-3-2-4-6-18)27-15-17-7-9-20(10-8-17)22(30)26-16-21(24)29;/h2-11H,12-16H2,1H3,(H2,24,29)(H,25,27)(H,26,30);1H. The molecule has 0 bridgehead atoms. The highest BCUT2D eigenvalue weighted by atomic mass is 127. The van der Waals surface area contributed by atoms with Gasteiger partial charge in [-0.1, -0.05) is 48.5 Å². The summed E-state index contributed by atoms with van der Waals surface area (Å²) in [5.41, 5.74) is 9.20. The molecular formula is C23H28IN5O2. The Bertz CT molecular complexity index is 942. The molecule has 0 atom stereocenters. The predicted octanol–water partition coefficient (Wildman–Crippen LogP) is 2.38. The lowest BCUT2D eigenvalue weighted by molar-refractivity contribution is -0.117. The average molecular weight is 533 g/mol. The van der Waals surface area contributed by atoms with E-state index < -0.39 is 5.91 Å². The quantitative estimate of drug-likeness (QED) is 0.302. The van der Waals surface area contributed by atoms with E-state index in [9.17, 15) is 9.59 Å². The van der Waals surface area contributed by atoms with E-state index in [0.29, 0.717) is 12.1 Å². The molecule has 1 heterocycles. The number of hydrogen-bond donors (Lipinski definition) is 3. The topological polar surface area (TPSA) is 99.8 Å². The van der Waals surface area contributed by atoms with Crippen LogP contribution in [0.1, 0.15) is 27.9 Å². The van der Waals surface area contributed by atoms with Gasteiger partial charge in [0.15, 0.2) is 5.96 Å². The van der Waals surface area contributed by atoms with Crippen LogP contribution in [0.2, 0.25) is 0 Å². The molecule has 1 aliphatic heterocycles. The Hall–Kier alpha value is -2.88. The van der Waals surface area contributed by atoms with Crippen molar-refractivity contribution in [1.29, 1.82) is 0 Å². The Kier molecular flexibility index (Phi) is 9.51. The number of benzene rings is 2. The van der Waals surface area contributed by atoms with Crippen LogP contribution in [0, 0.1) is 0 Å². The minimum atomic E-state index is -0.570. The van der Waals surface area contributed by atoms with E-state index in [1.54, 1.807) is 19.2 Å². The van der Waals surface area contributed by atoms with Gasteiger partial charge < -0.3 is 21.3 Å². The van der Waals surface area contributed by atoms with Gasteiger partial charge in [-0.05, 0) is 35.3 Å². The van der Waals surface area contributed by atoms with Crippen molar-refractivity contribution in [3.63, 3.8) is 0 Å². The van der Waals surface area contributed by atoms with Crippen molar-refractivity contribution in [3.05, 3.63) is 77.4 Å². The number of carbonyl (C=O) groups is 2. The van der Waals surface area contributed by atoms with Crippen molar-refractivity contribution in [2.24, 2.45) is 10.7 Å². The fraction of sp³-hybridized carbons (Fsp3) is 0.261. The molecule has 0 aliphatic carbocycles. The summed E-state index contributed by atoms with van der Waals surface area (Å²) in [5.74, 6) is -0.0425. The summed E-state index contributed by atoms with van der Waals surface area (Å²) in [7, 11) is 1.78. The molecule has 164 valence electrons. The summed E-state index contributed by atoms with van der Waals surface area (Å²) in [4.78, 5) is 29.3. The van der Waals surface area contributed by atoms with E-state index in [4.69, 9.17) is 5.73 Å². The van der Waals surface area contributed by atoms with Crippen molar-refractivity contribution in [2.45, 2.75) is 13.0 Å². The fourth-order valence-corrected chi connectivity index (χ4v) is 3.33. The van der Waals surface area contributed by atoms with Crippen LogP contribution in [0.4, 0.5) is 0 Å². The van der Waals surface area contributed by atoms with Gasteiger partial charge in [-0.3, -0.25) is 14.6 Å². The number of carbonyl (C=O) groups excluding carboxylic acids is 2. The summed E-state index contributed by atoms with van der Waals surface area (Å²) in [6, 6.07) is 17.7. The molecule has 1 aliphatic rings. The molecule has 8 heteroatoms. The summed E-state index contributed by atoms with van der Waals surface area (Å²) < 4.78 is 0. The van der Waals surface area contributed by atoms with Gasteiger partial charge in [-0.25, -0.2) is 0 Å². The zero-order chi connectivity index (χ0) is 21.3. The molecule has 0 unspecified atom stereocenters. The average Bonchev–Trinajstić information content (AvgIpc) is 2.79. The molecule has 31 heavy (non-hydrogen) atoms. The van der Waals surface area contributed by atoms with E-state index in [2.05, 4.69) is 50.9 Å². The Morgan fingerprint density at radius 3 is 2.35 bits per heavy atom. The van der Waals surface area contributed by atoms with Crippen molar-refractivity contribution in [3.8, 4) is 0 Å². The molecule has 0 saturated heterocycles. The Morgan fingerprint density at radius 1 is 1.06 bits per heavy atom. The number of aliphatic imine (C=N–C) groups is 1. The van der Waals surface area contributed by atoms with E-state index in [0.717, 1.165) is 31.0 Å². The number of halogens is 1. The number of primary amides is 1. The van der Waals surface area contributed by atoms with Gasteiger partial charge in [0.2, 0.25) is 5.91 Å². The maximum atomic E-state index is 11.9. The monoisotopic (exact) mass is 533 g/mol. The predicted molar refractivity (Wildman–Crippen MR) is 134 cm³/mol. The first kappa shape index (κ1) is 24.4. The zero-order valence-corrected chi connectivity index (χ0v) is 19.8. The van der Waals surface area contributed by atoms with Gasteiger partial charge in [0.1, 0.15) is 0 Å². The van der Waals surface area contributed by atoms with Crippen LogP contribution in [0.3, 0.4) is 0 Å². The maximum Gasteiger partial charge on any atom is 0.251 e. The lowest BCUT2D eigenvalue weighted by Crippen LogP contribution is -2.43. The first-order chi connectivity index (χ1) is 14.6. The first-order valence-electron chi connectivity index (χ1n) is 9.92. The van der Waals surface area contributed by atoms with E-state index in [1.807, 2.05) is 18.2 Å². The van der Waals surface area contributed by atoms with Crippen molar-refractivity contribution in [2.75, 3.05) is 26.7 Å². The number of nitrogens with zero attached hydrogens (tertiary/aromatic N) is 2. The van der Waals surface area contributed by atoms with Crippen LogP contribution < -0.4 is 16.4 Å². The lowest BCUT2D eigenvalue weighted by Gasteiger charge is -2.29. The highest BCUT2D eigenvalue weighted by molar-refractivity contribution is 14.0. The second kappa shape index (κ2) is 12.1. The molecule has 0 spiro atoms. The Balaban J connectivity index is 0.00000341. The molecule has 2 amide bonds. The molecule has 2 aromatic carbocycles. The molecular weight excluding hydrogens is 505 g/mol. The van der Waals surface area contributed by atoms with Gasteiger partial charge in [0.05, 0.1) is 6.54 Å². The van der Waals surface area contributed by atoms with Crippen LogP contribution >= 0.6 is 24.0 Å². The van der Waals surface area contributed by atoms with Crippen LogP contribution in [-0.2, 0) is 11.3 Å². The number of nitrogens with two attached hydrogens (primary N) is 1.